The van der Waals surface area contributed by atoms with Crippen molar-refractivity contribution in [3.05, 3.63) is 27.8 Å². The summed E-state index contributed by atoms with van der Waals surface area (Å²) in [6, 6.07) is 2.11. The summed E-state index contributed by atoms with van der Waals surface area (Å²) < 4.78 is 5.76. The van der Waals surface area contributed by atoms with Gasteiger partial charge in [-0.2, -0.15) is 0 Å². The standard InChI is InChI=1S/C14H20ClNO2/c1-4-18-14-10(9(3)17)7-11(15)8(2)13(14)12-5-6-16-12/h7,9,12,16-17H,4-6H2,1-3H3. The third kappa shape index (κ3) is 2.35. The van der Waals surface area contributed by atoms with Gasteiger partial charge < -0.3 is 15.2 Å². The van der Waals surface area contributed by atoms with Gasteiger partial charge in [-0.05, 0) is 45.4 Å². The van der Waals surface area contributed by atoms with Crippen LogP contribution in [-0.2, 0) is 0 Å². The highest BCUT2D eigenvalue weighted by Crippen LogP contribution is 2.41. The fraction of sp³-hybridized carbons (Fsp3) is 0.571. The number of hydrogen-bond acceptors (Lipinski definition) is 3. The maximum atomic E-state index is 9.88. The van der Waals surface area contributed by atoms with Crippen LogP contribution in [0.4, 0.5) is 0 Å². The van der Waals surface area contributed by atoms with Gasteiger partial charge >= 0.3 is 0 Å². The Bertz CT molecular complexity index is 442. The molecule has 1 aromatic carbocycles. The maximum absolute atomic E-state index is 9.88. The monoisotopic (exact) mass is 269 g/mol. The SMILES string of the molecule is CCOc1c(C(C)O)cc(Cl)c(C)c1C1CCN1. The van der Waals surface area contributed by atoms with Gasteiger partial charge in [0.1, 0.15) is 5.75 Å². The van der Waals surface area contributed by atoms with Crippen LogP contribution >= 0.6 is 11.6 Å². The molecule has 0 bridgehead atoms. The summed E-state index contributed by atoms with van der Waals surface area (Å²) in [4.78, 5) is 0. The van der Waals surface area contributed by atoms with Gasteiger partial charge in [0.15, 0.2) is 0 Å². The molecule has 18 heavy (non-hydrogen) atoms. The second-order valence-corrected chi connectivity index (χ2v) is 5.13. The molecule has 1 saturated heterocycles. The highest BCUT2D eigenvalue weighted by Gasteiger charge is 2.28. The first-order valence-electron chi connectivity index (χ1n) is 6.43. The fourth-order valence-electron chi connectivity index (χ4n) is 2.34. The minimum absolute atomic E-state index is 0.294. The Morgan fingerprint density at radius 2 is 2.28 bits per heavy atom. The van der Waals surface area contributed by atoms with E-state index in [0.29, 0.717) is 17.7 Å². The number of hydrogen-bond donors (Lipinski definition) is 2. The van der Waals surface area contributed by atoms with Gasteiger partial charge in [0.05, 0.1) is 12.7 Å². The van der Waals surface area contributed by atoms with Crippen molar-refractivity contribution in [1.29, 1.82) is 0 Å². The van der Waals surface area contributed by atoms with E-state index in [-0.39, 0.29) is 0 Å². The van der Waals surface area contributed by atoms with E-state index in [1.807, 2.05) is 19.9 Å². The zero-order valence-electron chi connectivity index (χ0n) is 11.1. The number of halogens is 1. The Kier molecular flexibility index (Phi) is 4.15. The lowest BCUT2D eigenvalue weighted by molar-refractivity contribution is 0.191. The highest BCUT2D eigenvalue weighted by atomic mass is 35.5. The third-order valence-electron chi connectivity index (χ3n) is 3.46. The van der Waals surface area contributed by atoms with E-state index in [1.54, 1.807) is 6.92 Å². The van der Waals surface area contributed by atoms with Crippen molar-refractivity contribution in [2.45, 2.75) is 39.3 Å². The number of ether oxygens (including phenoxy) is 1. The summed E-state index contributed by atoms with van der Waals surface area (Å²) in [5, 5.41) is 14.0. The van der Waals surface area contributed by atoms with Crippen LogP contribution in [0.15, 0.2) is 6.07 Å². The van der Waals surface area contributed by atoms with Crippen molar-refractivity contribution in [2.24, 2.45) is 0 Å². The molecule has 0 spiro atoms. The largest absolute Gasteiger partial charge is 0.493 e. The summed E-state index contributed by atoms with van der Waals surface area (Å²) in [5.41, 5.74) is 2.92. The van der Waals surface area contributed by atoms with Gasteiger partial charge in [-0.3, -0.25) is 0 Å². The lowest BCUT2D eigenvalue weighted by Crippen LogP contribution is -2.36. The Morgan fingerprint density at radius 3 is 2.72 bits per heavy atom. The van der Waals surface area contributed by atoms with Gasteiger partial charge in [-0.25, -0.2) is 0 Å². The first-order chi connectivity index (χ1) is 8.56. The Balaban J connectivity index is 2.57. The maximum Gasteiger partial charge on any atom is 0.130 e. The van der Waals surface area contributed by atoms with Crippen LogP contribution in [-0.4, -0.2) is 18.3 Å². The fourth-order valence-corrected chi connectivity index (χ4v) is 2.55. The van der Waals surface area contributed by atoms with Crippen LogP contribution < -0.4 is 10.1 Å². The molecule has 2 rings (SSSR count). The van der Waals surface area contributed by atoms with E-state index in [4.69, 9.17) is 16.3 Å². The summed E-state index contributed by atoms with van der Waals surface area (Å²) in [5.74, 6) is 0.798. The van der Waals surface area contributed by atoms with Gasteiger partial charge in [0.2, 0.25) is 0 Å². The minimum atomic E-state index is -0.580. The molecule has 0 radical (unpaired) electrons. The highest BCUT2D eigenvalue weighted by molar-refractivity contribution is 6.31. The number of aliphatic hydroxyl groups excluding tert-OH is 1. The molecule has 1 aliphatic rings. The van der Waals surface area contributed by atoms with Gasteiger partial charge in [-0.15, -0.1) is 0 Å². The lowest BCUT2D eigenvalue weighted by Gasteiger charge is -2.32. The number of aliphatic hydroxyl groups is 1. The van der Waals surface area contributed by atoms with Crippen LogP contribution in [0.1, 0.15) is 49.1 Å². The van der Waals surface area contributed by atoms with Crippen LogP contribution in [0, 0.1) is 6.92 Å². The normalized spacial score (nSPS) is 20.4. The van der Waals surface area contributed by atoms with Crippen molar-refractivity contribution in [3.63, 3.8) is 0 Å². The number of nitrogens with one attached hydrogen (secondary N) is 1. The summed E-state index contributed by atoms with van der Waals surface area (Å²) >= 11 is 6.27. The summed E-state index contributed by atoms with van der Waals surface area (Å²) in [7, 11) is 0. The van der Waals surface area contributed by atoms with Crippen LogP contribution in [0.3, 0.4) is 0 Å². The average Bonchev–Trinajstić information content (AvgIpc) is 2.25. The van der Waals surface area contributed by atoms with E-state index in [1.165, 1.54) is 0 Å². The van der Waals surface area contributed by atoms with E-state index < -0.39 is 6.10 Å². The van der Waals surface area contributed by atoms with Crippen molar-refractivity contribution >= 4 is 11.6 Å². The molecule has 0 saturated carbocycles. The van der Waals surface area contributed by atoms with Gasteiger partial charge in [0, 0.05) is 22.2 Å². The van der Waals surface area contributed by atoms with Crippen molar-refractivity contribution < 1.29 is 9.84 Å². The zero-order chi connectivity index (χ0) is 13.3. The van der Waals surface area contributed by atoms with Crippen molar-refractivity contribution in [1.82, 2.24) is 5.32 Å². The van der Waals surface area contributed by atoms with Crippen molar-refractivity contribution in [3.8, 4) is 5.75 Å². The molecule has 3 nitrogen and oxygen atoms in total. The predicted octanol–water partition coefficient (Wildman–Crippen LogP) is 3.13. The average molecular weight is 270 g/mol. The topological polar surface area (TPSA) is 41.5 Å². The molecular weight excluding hydrogens is 250 g/mol. The van der Waals surface area contributed by atoms with Crippen LogP contribution in [0.2, 0.25) is 5.02 Å². The van der Waals surface area contributed by atoms with E-state index in [9.17, 15) is 5.11 Å². The molecular formula is C14H20ClNO2. The molecule has 2 unspecified atom stereocenters. The molecule has 0 aliphatic carbocycles. The van der Waals surface area contributed by atoms with E-state index in [0.717, 1.165) is 35.4 Å². The van der Waals surface area contributed by atoms with E-state index >= 15 is 0 Å². The zero-order valence-corrected chi connectivity index (χ0v) is 11.8. The Morgan fingerprint density at radius 1 is 1.61 bits per heavy atom. The van der Waals surface area contributed by atoms with Crippen LogP contribution in [0.25, 0.3) is 0 Å². The molecule has 0 aromatic heterocycles. The second kappa shape index (κ2) is 5.47. The lowest BCUT2D eigenvalue weighted by atomic mass is 9.90. The molecule has 1 heterocycles. The molecule has 2 atom stereocenters. The summed E-state index contributed by atoms with van der Waals surface area (Å²) in [6.07, 6.45) is 0.504. The Labute approximate surface area is 113 Å². The second-order valence-electron chi connectivity index (χ2n) is 4.72. The van der Waals surface area contributed by atoms with Gasteiger partial charge in [-0.1, -0.05) is 11.6 Å². The van der Waals surface area contributed by atoms with Crippen molar-refractivity contribution in [2.75, 3.05) is 13.2 Å². The molecule has 100 valence electrons. The third-order valence-corrected chi connectivity index (χ3v) is 3.85. The molecule has 0 amide bonds. The number of rotatable bonds is 4. The smallest absolute Gasteiger partial charge is 0.130 e. The quantitative estimate of drug-likeness (QED) is 0.882. The first-order valence-corrected chi connectivity index (χ1v) is 6.81. The van der Waals surface area contributed by atoms with Gasteiger partial charge in [0.25, 0.3) is 0 Å². The Hall–Kier alpha value is -0.770. The molecule has 4 heteroatoms. The number of benzene rings is 1. The molecule has 2 N–H and O–H groups in total. The summed E-state index contributed by atoms with van der Waals surface area (Å²) in [6.45, 7) is 7.30. The first kappa shape index (κ1) is 13.7. The van der Waals surface area contributed by atoms with E-state index in [2.05, 4.69) is 5.32 Å². The molecule has 1 aromatic rings. The minimum Gasteiger partial charge on any atom is -0.493 e. The molecule has 1 fully saturated rings. The van der Waals surface area contributed by atoms with Crippen LogP contribution in [0.5, 0.6) is 5.75 Å². The predicted molar refractivity (Wildman–Crippen MR) is 73.4 cm³/mol. The molecule has 1 aliphatic heterocycles.